The number of hydrogen-bond acceptors (Lipinski definition) is 6. The van der Waals surface area contributed by atoms with Crippen molar-refractivity contribution < 1.29 is 9.13 Å². The van der Waals surface area contributed by atoms with Crippen LogP contribution in [0.1, 0.15) is 49.5 Å². The van der Waals surface area contributed by atoms with Gasteiger partial charge in [-0.2, -0.15) is 5.10 Å². The summed E-state index contributed by atoms with van der Waals surface area (Å²) in [6.45, 7) is 2.34. The van der Waals surface area contributed by atoms with Gasteiger partial charge in [0.1, 0.15) is 11.9 Å². The van der Waals surface area contributed by atoms with Crippen molar-refractivity contribution in [3.63, 3.8) is 0 Å². The summed E-state index contributed by atoms with van der Waals surface area (Å²) < 4.78 is 24.3. The number of pyridine rings is 1. The molecule has 2 N–H and O–H groups in total. The molecular formula is C23H22FN7O. The topological polar surface area (TPSA) is 96.7 Å². The van der Waals surface area contributed by atoms with E-state index in [-0.39, 0.29) is 5.82 Å². The fourth-order valence-electron chi connectivity index (χ4n) is 4.52. The van der Waals surface area contributed by atoms with E-state index in [1.807, 2.05) is 23.9 Å². The molecule has 3 aromatic heterocycles. The normalized spacial score (nSPS) is 17.8. The Labute approximate surface area is 183 Å². The van der Waals surface area contributed by atoms with Gasteiger partial charge in [0.05, 0.1) is 36.4 Å². The number of rotatable bonds is 1. The van der Waals surface area contributed by atoms with Crippen LogP contribution < -0.4 is 10.5 Å². The molecule has 6 rings (SSSR count). The summed E-state index contributed by atoms with van der Waals surface area (Å²) >= 11 is 0. The van der Waals surface area contributed by atoms with Crippen LogP contribution in [0, 0.1) is 5.82 Å². The van der Waals surface area contributed by atoms with E-state index in [0.29, 0.717) is 29.7 Å². The molecule has 0 saturated heterocycles. The monoisotopic (exact) mass is 431 g/mol. The Bertz CT molecular complexity index is 1320. The molecular weight excluding hydrogens is 409 g/mol. The molecule has 9 heteroatoms. The van der Waals surface area contributed by atoms with E-state index >= 15 is 0 Å². The number of fused-ring (bicyclic) bond motifs is 7. The SMILES string of the molecule is CC1Oc2cc(cnc2N)-c2c(cnn2C2CCC2)Cn2nncc2-c2ccc(F)cc21. The number of anilines is 1. The number of hydrogen-bond donors (Lipinski definition) is 1. The van der Waals surface area contributed by atoms with Gasteiger partial charge in [0.25, 0.3) is 0 Å². The van der Waals surface area contributed by atoms with Crippen LogP contribution in [0.4, 0.5) is 10.2 Å². The number of ether oxygens (including phenoxy) is 1. The largest absolute Gasteiger partial charge is 0.482 e. The molecule has 4 aromatic rings. The Morgan fingerprint density at radius 2 is 2.03 bits per heavy atom. The summed E-state index contributed by atoms with van der Waals surface area (Å²) in [6.07, 6.45) is 8.26. The first-order chi connectivity index (χ1) is 15.6. The zero-order chi connectivity index (χ0) is 21.8. The van der Waals surface area contributed by atoms with Gasteiger partial charge in [0.2, 0.25) is 0 Å². The highest BCUT2D eigenvalue weighted by atomic mass is 19.1. The van der Waals surface area contributed by atoms with Crippen LogP contribution in [0.2, 0.25) is 0 Å². The second-order valence-corrected chi connectivity index (χ2v) is 8.42. The lowest BCUT2D eigenvalue weighted by molar-refractivity contribution is 0.227. The second kappa shape index (κ2) is 7.15. The van der Waals surface area contributed by atoms with Crippen molar-refractivity contribution in [3.05, 3.63) is 59.8 Å². The summed E-state index contributed by atoms with van der Waals surface area (Å²) in [5.41, 5.74) is 11.3. The van der Waals surface area contributed by atoms with Crippen molar-refractivity contribution >= 4 is 5.82 Å². The predicted molar refractivity (Wildman–Crippen MR) is 116 cm³/mol. The molecule has 0 spiro atoms. The van der Waals surface area contributed by atoms with Crippen LogP contribution >= 0.6 is 0 Å². The number of nitrogen functional groups attached to an aromatic ring is 1. The molecule has 0 radical (unpaired) electrons. The molecule has 1 saturated carbocycles. The summed E-state index contributed by atoms with van der Waals surface area (Å²) in [7, 11) is 0. The standard InChI is InChI=1S/C23H22FN7O/c1-13-19-8-16(24)5-6-18(19)20-11-27-29-30(20)12-15-10-28-31(17-3-2-4-17)22(15)14-7-21(32-13)23(25)26-9-14/h5-11,13,17H,2-4,12H2,1H3,(H2,25,26). The average molecular weight is 431 g/mol. The Balaban J connectivity index is 1.60. The molecule has 1 aliphatic heterocycles. The van der Waals surface area contributed by atoms with E-state index in [2.05, 4.69) is 20.0 Å². The van der Waals surface area contributed by atoms with Crippen LogP contribution in [0.25, 0.3) is 22.5 Å². The summed E-state index contributed by atoms with van der Waals surface area (Å²) in [5, 5.41) is 13.2. The number of benzene rings is 1. The van der Waals surface area contributed by atoms with E-state index in [1.54, 1.807) is 18.5 Å². The van der Waals surface area contributed by atoms with Gasteiger partial charge in [-0.1, -0.05) is 5.21 Å². The van der Waals surface area contributed by atoms with Crippen molar-refractivity contribution in [2.75, 3.05) is 5.73 Å². The van der Waals surface area contributed by atoms with E-state index in [9.17, 15) is 4.39 Å². The first-order valence-corrected chi connectivity index (χ1v) is 10.8. The smallest absolute Gasteiger partial charge is 0.166 e. The Morgan fingerprint density at radius 1 is 1.16 bits per heavy atom. The Kier molecular flexibility index (Phi) is 4.24. The van der Waals surface area contributed by atoms with Gasteiger partial charge >= 0.3 is 0 Å². The molecule has 1 atom stereocenters. The average Bonchev–Trinajstić information content (AvgIpc) is 3.35. The molecule has 1 aromatic carbocycles. The summed E-state index contributed by atoms with van der Waals surface area (Å²) in [4.78, 5) is 4.40. The Hall–Kier alpha value is -3.75. The molecule has 1 fully saturated rings. The molecule has 1 aliphatic carbocycles. The third-order valence-electron chi connectivity index (χ3n) is 6.42. The van der Waals surface area contributed by atoms with Gasteiger partial charge in [-0.3, -0.25) is 4.68 Å². The van der Waals surface area contributed by atoms with E-state index in [4.69, 9.17) is 15.6 Å². The number of nitrogens with two attached hydrogens (primary N) is 1. The maximum Gasteiger partial charge on any atom is 0.166 e. The van der Waals surface area contributed by atoms with E-state index in [0.717, 1.165) is 40.9 Å². The van der Waals surface area contributed by atoms with Crippen molar-refractivity contribution in [1.82, 2.24) is 29.8 Å². The van der Waals surface area contributed by atoms with Crippen molar-refractivity contribution in [2.24, 2.45) is 0 Å². The van der Waals surface area contributed by atoms with Crippen molar-refractivity contribution in [3.8, 4) is 28.3 Å². The minimum Gasteiger partial charge on any atom is -0.482 e. The highest BCUT2D eigenvalue weighted by Gasteiger charge is 2.27. The molecule has 162 valence electrons. The zero-order valence-corrected chi connectivity index (χ0v) is 17.6. The quantitative estimate of drug-likeness (QED) is 0.486. The molecule has 4 heterocycles. The number of halogens is 1. The molecule has 8 nitrogen and oxygen atoms in total. The van der Waals surface area contributed by atoms with Crippen molar-refractivity contribution in [2.45, 2.75) is 44.9 Å². The maximum absolute atomic E-state index is 14.2. The van der Waals surface area contributed by atoms with Crippen LogP contribution in [-0.4, -0.2) is 29.8 Å². The van der Waals surface area contributed by atoms with E-state index < -0.39 is 6.10 Å². The summed E-state index contributed by atoms with van der Waals surface area (Å²) in [6, 6.07) is 6.92. The third-order valence-corrected chi connectivity index (χ3v) is 6.42. The van der Waals surface area contributed by atoms with Gasteiger partial charge in [-0.25, -0.2) is 14.1 Å². The van der Waals surface area contributed by atoms with Gasteiger partial charge in [0.15, 0.2) is 11.6 Å². The lowest BCUT2D eigenvalue weighted by Crippen LogP contribution is -2.19. The fraction of sp³-hybridized carbons (Fsp3) is 0.304. The minimum atomic E-state index is -0.473. The molecule has 2 aliphatic rings. The minimum absolute atomic E-state index is 0.290. The lowest BCUT2D eigenvalue weighted by Gasteiger charge is -2.28. The number of aromatic nitrogens is 6. The second-order valence-electron chi connectivity index (χ2n) is 8.42. The van der Waals surface area contributed by atoms with E-state index in [1.165, 1.54) is 18.6 Å². The molecule has 2 bridgehead atoms. The molecule has 32 heavy (non-hydrogen) atoms. The van der Waals surface area contributed by atoms with Crippen LogP contribution in [0.5, 0.6) is 5.75 Å². The van der Waals surface area contributed by atoms with Crippen LogP contribution in [0.3, 0.4) is 0 Å². The maximum atomic E-state index is 14.2. The molecule has 0 amide bonds. The Morgan fingerprint density at radius 3 is 2.84 bits per heavy atom. The van der Waals surface area contributed by atoms with Gasteiger partial charge < -0.3 is 10.5 Å². The highest BCUT2D eigenvalue weighted by Crippen LogP contribution is 2.40. The zero-order valence-electron chi connectivity index (χ0n) is 17.6. The van der Waals surface area contributed by atoms with Crippen LogP contribution in [0.15, 0.2) is 42.9 Å². The molecule has 1 unspecified atom stereocenters. The lowest BCUT2D eigenvalue weighted by atomic mass is 9.92. The van der Waals surface area contributed by atoms with Crippen LogP contribution in [-0.2, 0) is 6.54 Å². The predicted octanol–water partition coefficient (Wildman–Crippen LogP) is 4.15. The first-order valence-electron chi connectivity index (χ1n) is 10.8. The van der Waals surface area contributed by atoms with Gasteiger partial charge in [0, 0.05) is 28.5 Å². The summed E-state index contributed by atoms with van der Waals surface area (Å²) in [5.74, 6) is 0.414. The first kappa shape index (κ1) is 19.0. The van der Waals surface area contributed by atoms with Gasteiger partial charge in [-0.15, -0.1) is 5.10 Å². The third kappa shape index (κ3) is 2.96. The van der Waals surface area contributed by atoms with Crippen molar-refractivity contribution in [1.29, 1.82) is 0 Å². The van der Waals surface area contributed by atoms with Gasteiger partial charge in [-0.05, 0) is 50.5 Å². The fourth-order valence-corrected chi connectivity index (χ4v) is 4.52. The number of nitrogens with zero attached hydrogens (tertiary/aromatic N) is 6. The highest BCUT2D eigenvalue weighted by molar-refractivity contribution is 5.69.